The first-order chi connectivity index (χ1) is 9.41. The number of aliphatic hydroxyl groups is 1. The third-order valence-electron chi connectivity index (χ3n) is 3.84. The zero-order valence-electron chi connectivity index (χ0n) is 11.3. The van der Waals surface area contributed by atoms with Crippen LogP contribution in [0, 0.1) is 17.2 Å². The summed E-state index contributed by atoms with van der Waals surface area (Å²) in [5.41, 5.74) is -0.762. The van der Waals surface area contributed by atoms with Crippen molar-refractivity contribution >= 4 is 21.4 Å². The van der Waals surface area contributed by atoms with E-state index in [1.54, 1.807) is 0 Å². The summed E-state index contributed by atoms with van der Waals surface area (Å²) in [5, 5.41) is 18.4. The highest BCUT2D eigenvalue weighted by atomic mass is 32.2. The first kappa shape index (κ1) is 15.4. The summed E-state index contributed by atoms with van der Waals surface area (Å²) in [7, 11) is -3.68. The Morgan fingerprint density at radius 1 is 1.50 bits per heavy atom. The van der Waals surface area contributed by atoms with Crippen molar-refractivity contribution in [2.45, 2.75) is 42.4 Å². The maximum atomic E-state index is 12.4. The first-order valence-electron chi connectivity index (χ1n) is 6.55. The number of thiophene rings is 1. The van der Waals surface area contributed by atoms with E-state index >= 15 is 0 Å². The number of nitrogens with one attached hydrogen (secondary N) is 1. The van der Waals surface area contributed by atoms with Crippen LogP contribution in [0.3, 0.4) is 0 Å². The fourth-order valence-electron chi connectivity index (χ4n) is 2.47. The molecule has 1 aromatic rings. The van der Waals surface area contributed by atoms with Crippen LogP contribution in [0.1, 0.15) is 37.5 Å². The van der Waals surface area contributed by atoms with E-state index in [2.05, 4.69) is 11.6 Å². The molecule has 0 radical (unpaired) electrons. The summed E-state index contributed by atoms with van der Waals surface area (Å²) in [4.78, 5) is 0.362. The van der Waals surface area contributed by atoms with Gasteiger partial charge in [0.15, 0.2) is 0 Å². The Balaban J connectivity index is 2.20. The molecule has 1 aromatic heterocycles. The fourth-order valence-corrected chi connectivity index (χ4v) is 5.02. The molecule has 1 saturated carbocycles. The zero-order valence-corrected chi connectivity index (χ0v) is 12.9. The van der Waals surface area contributed by atoms with Crippen molar-refractivity contribution in [2.24, 2.45) is 5.92 Å². The van der Waals surface area contributed by atoms with Gasteiger partial charge in [0, 0.05) is 0 Å². The van der Waals surface area contributed by atoms with E-state index in [0.29, 0.717) is 23.6 Å². The summed E-state index contributed by atoms with van der Waals surface area (Å²) in [6.07, 6.45) is 3.08. The van der Waals surface area contributed by atoms with Crippen molar-refractivity contribution < 1.29 is 13.5 Å². The second-order valence-electron chi connectivity index (χ2n) is 5.46. The quantitative estimate of drug-likeness (QED) is 0.887. The van der Waals surface area contributed by atoms with Crippen molar-refractivity contribution in [3.63, 3.8) is 0 Å². The molecule has 1 heterocycles. The van der Waals surface area contributed by atoms with Gasteiger partial charge in [-0.1, -0.05) is 6.92 Å². The Kier molecular flexibility index (Phi) is 4.49. The van der Waals surface area contributed by atoms with Crippen LogP contribution in [-0.2, 0) is 10.0 Å². The number of hydrogen-bond acceptors (Lipinski definition) is 5. The molecule has 0 amide bonds. The first-order valence-corrected chi connectivity index (χ1v) is 8.85. The van der Waals surface area contributed by atoms with Crippen molar-refractivity contribution in [1.29, 1.82) is 5.26 Å². The fraction of sp³-hybridized carbons (Fsp3) is 0.615. The van der Waals surface area contributed by atoms with Crippen LogP contribution in [0.4, 0.5) is 0 Å². The Morgan fingerprint density at radius 2 is 2.15 bits per heavy atom. The van der Waals surface area contributed by atoms with E-state index in [1.807, 2.05) is 6.07 Å². The minimum atomic E-state index is -3.68. The minimum Gasteiger partial charge on any atom is -0.394 e. The van der Waals surface area contributed by atoms with Crippen LogP contribution in [-0.4, -0.2) is 25.7 Å². The monoisotopic (exact) mass is 314 g/mol. The molecule has 0 aromatic carbocycles. The maximum Gasteiger partial charge on any atom is 0.250 e. The SMILES string of the molecule is CC1CCC(CO)(NS(=O)(=O)c2ccc(C#N)s2)CC1. The van der Waals surface area contributed by atoms with Crippen LogP contribution >= 0.6 is 11.3 Å². The normalized spacial score (nSPS) is 27.1. The van der Waals surface area contributed by atoms with Gasteiger partial charge in [0.05, 0.1) is 12.1 Å². The second kappa shape index (κ2) is 5.82. The summed E-state index contributed by atoms with van der Waals surface area (Å²) in [5.74, 6) is 0.561. The molecular weight excluding hydrogens is 296 g/mol. The van der Waals surface area contributed by atoms with Crippen LogP contribution in [0.5, 0.6) is 0 Å². The van der Waals surface area contributed by atoms with Crippen LogP contribution in [0.2, 0.25) is 0 Å². The standard InChI is InChI=1S/C13H18N2O3S2/c1-10-4-6-13(9-16,7-5-10)15-20(17,18)12-3-2-11(8-14)19-12/h2-3,10,15-16H,4-7,9H2,1H3. The van der Waals surface area contributed by atoms with Gasteiger partial charge in [-0.2, -0.15) is 5.26 Å². The molecule has 0 unspecified atom stereocenters. The molecule has 0 atom stereocenters. The Morgan fingerprint density at radius 3 is 2.65 bits per heavy atom. The number of sulfonamides is 1. The number of aliphatic hydroxyl groups excluding tert-OH is 1. The van der Waals surface area contributed by atoms with Crippen molar-refractivity contribution in [3.05, 3.63) is 17.0 Å². The molecule has 1 fully saturated rings. The predicted molar refractivity (Wildman–Crippen MR) is 76.8 cm³/mol. The molecule has 0 spiro atoms. The molecule has 0 aliphatic heterocycles. The Hall–Kier alpha value is -0.940. The van der Waals surface area contributed by atoms with E-state index in [-0.39, 0.29) is 10.8 Å². The van der Waals surface area contributed by atoms with Gasteiger partial charge in [-0.15, -0.1) is 11.3 Å². The van der Waals surface area contributed by atoms with Gasteiger partial charge in [-0.25, -0.2) is 13.1 Å². The van der Waals surface area contributed by atoms with E-state index in [4.69, 9.17) is 5.26 Å². The molecule has 2 N–H and O–H groups in total. The summed E-state index contributed by atoms with van der Waals surface area (Å²) >= 11 is 0.945. The highest BCUT2D eigenvalue weighted by Crippen LogP contribution is 2.33. The van der Waals surface area contributed by atoms with E-state index in [1.165, 1.54) is 12.1 Å². The Labute approximate surface area is 123 Å². The average molecular weight is 314 g/mol. The molecule has 1 aliphatic rings. The zero-order chi connectivity index (χ0) is 14.8. The van der Waals surface area contributed by atoms with Gasteiger partial charge in [-0.05, 0) is 43.7 Å². The van der Waals surface area contributed by atoms with Crippen LogP contribution in [0.15, 0.2) is 16.3 Å². The number of nitrogens with zero attached hydrogens (tertiary/aromatic N) is 1. The molecule has 5 nitrogen and oxygen atoms in total. The smallest absolute Gasteiger partial charge is 0.250 e. The Bertz CT molecular complexity index is 608. The van der Waals surface area contributed by atoms with Crippen molar-refractivity contribution in [1.82, 2.24) is 4.72 Å². The summed E-state index contributed by atoms with van der Waals surface area (Å²) in [6.45, 7) is 1.93. The maximum absolute atomic E-state index is 12.4. The third-order valence-corrected chi connectivity index (χ3v) is 6.90. The largest absolute Gasteiger partial charge is 0.394 e. The molecule has 0 bridgehead atoms. The van der Waals surface area contributed by atoms with Gasteiger partial charge < -0.3 is 5.11 Å². The molecule has 2 rings (SSSR count). The summed E-state index contributed by atoms with van der Waals surface area (Å²) < 4.78 is 27.5. The van der Waals surface area contributed by atoms with Gasteiger partial charge in [0.2, 0.25) is 0 Å². The van der Waals surface area contributed by atoms with Crippen LogP contribution < -0.4 is 4.72 Å². The lowest BCUT2D eigenvalue weighted by molar-refractivity contribution is 0.125. The van der Waals surface area contributed by atoms with Crippen LogP contribution in [0.25, 0.3) is 0 Å². The van der Waals surface area contributed by atoms with Gasteiger partial charge in [-0.3, -0.25) is 0 Å². The van der Waals surface area contributed by atoms with E-state index in [0.717, 1.165) is 24.2 Å². The minimum absolute atomic E-state index is 0.125. The van der Waals surface area contributed by atoms with Crippen molar-refractivity contribution in [2.75, 3.05) is 6.61 Å². The third kappa shape index (κ3) is 3.20. The number of rotatable bonds is 4. The van der Waals surface area contributed by atoms with E-state index in [9.17, 15) is 13.5 Å². The van der Waals surface area contributed by atoms with E-state index < -0.39 is 15.6 Å². The lowest BCUT2D eigenvalue weighted by Gasteiger charge is -2.38. The molecule has 0 saturated heterocycles. The van der Waals surface area contributed by atoms with Gasteiger partial charge >= 0.3 is 0 Å². The lowest BCUT2D eigenvalue weighted by Crippen LogP contribution is -2.52. The summed E-state index contributed by atoms with van der Waals surface area (Å²) in [6, 6.07) is 4.86. The molecular formula is C13H18N2O3S2. The molecule has 20 heavy (non-hydrogen) atoms. The molecule has 110 valence electrons. The number of nitriles is 1. The molecule has 7 heteroatoms. The lowest BCUT2D eigenvalue weighted by atomic mass is 9.78. The van der Waals surface area contributed by atoms with Crippen molar-refractivity contribution in [3.8, 4) is 6.07 Å². The number of hydrogen-bond donors (Lipinski definition) is 2. The molecule has 1 aliphatic carbocycles. The van der Waals surface area contributed by atoms with Gasteiger partial charge in [0.1, 0.15) is 15.2 Å². The average Bonchev–Trinajstić information content (AvgIpc) is 2.91. The highest BCUT2D eigenvalue weighted by molar-refractivity contribution is 7.91. The predicted octanol–water partition coefficient (Wildman–Crippen LogP) is 1.84. The van der Waals surface area contributed by atoms with Gasteiger partial charge in [0.25, 0.3) is 10.0 Å². The second-order valence-corrected chi connectivity index (χ2v) is 8.45. The highest BCUT2D eigenvalue weighted by Gasteiger charge is 2.38. The topological polar surface area (TPSA) is 90.2 Å².